The van der Waals surface area contributed by atoms with Crippen molar-refractivity contribution >= 4 is 29.3 Å². The van der Waals surface area contributed by atoms with Gasteiger partial charge in [0.05, 0.1) is 18.5 Å². The minimum atomic E-state index is -0.281. The number of para-hydroxylation sites is 1. The van der Waals surface area contributed by atoms with Gasteiger partial charge in [-0.25, -0.2) is 0 Å². The number of thioether (sulfide) groups is 1. The molecule has 3 rings (SSSR count). The number of carbonyl (C=O) groups excluding carboxylic acids is 1. The highest BCUT2D eigenvalue weighted by atomic mass is 32.2. The molecule has 0 aliphatic carbocycles. The fourth-order valence-corrected chi connectivity index (χ4v) is 4.00. The lowest BCUT2D eigenvalue weighted by Gasteiger charge is -2.27. The van der Waals surface area contributed by atoms with E-state index in [0.717, 1.165) is 47.6 Å². The van der Waals surface area contributed by atoms with E-state index in [0.29, 0.717) is 13.2 Å². The Labute approximate surface area is 164 Å². The average molecular weight is 390 g/mol. The van der Waals surface area contributed by atoms with E-state index in [1.807, 2.05) is 39.0 Å². The lowest BCUT2D eigenvalue weighted by Crippen LogP contribution is -2.38. The van der Waals surface area contributed by atoms with Crippen LogP contribution in [0.2, 0.25) is 0 Å². The van der Waals surface area contributed by atoms with Gasteiger partial charge in [-0.15, -0.1) is 10.2 Å². The Bertz CT molecular complexity index is 781. The second kappa shape index (κ2) is 8.75. The molecule has 1 saturated heterocycles. The Hall–Kier alpha value is -2.06. The third-order valence-electron chi connectivity index (χ3n) is 4.69. The SMILES string of the molecule is CCn1c(S[C@@H](C)C(=O)Nc2c(C)cccc2C)nnc1N1CCOCC1. The molecule has 1 aliphatic heterocycles. The summed E-state index contributed by atoms with van der Waals surface area (Å²) >= 11 is 1.44. The number of carbonyl (C=O) groups is 1. The van der Waals surface area contributed by atoms with Gasteiger partial charge in [0.1, 0.15) is 0 Å². The molecule has 0 spiro atoms. The van der Waals surface area contributed by atoms with Crippen LogP contribution in [0.25, 0.3) is 0 Å². The van der Waals surface area contributed by atoms with E-state index in [4.69, 9.17) is 4.74 Å². The van der Waals surface area contributed by atoms with Crippen molar-refractivity contribution in [3.05, 3.63) is 29.3 Å². The van der Waals surface area contributed by atoms with Crippen molar-refractivity contribution in [2.24, 2.45) is 0 Å². The van der Waals surface area contributed by atoms with E-state index in [2.05, 4.69) is 31.9 Å². The van der Waals surface area contributed by atoms with Crippen LogP contribution in [-0.2, 0) is 16.1 Å². The van der Waals surface area contributed by atoms with Crippen LogP contribution in [0.3, 0.4) is 0 Å². The number of hydrogen-bond donors (Lipinski definition) is 1. The summed E-state index contributed by atoms with van der Waals surface area (Å²) < 4.78 is 7.48. The Kier molecular flexibility index (Phi) is 6.38. The number of aryl methyl sites for hydroxylation is 2. The van der Waals surface area contributed by atoms with Crippen molar-refractivity contribution in [3.8, 4) is 0 Å². The van der Waals surface area contributed by atoms with Crippen molar-refractivity contribution in [3.63, 3.8) is 0 Å². The fraction of sp³-hybridized carbons (Fsp3) is 0.526. The minimum Gasteiger partial charge on any atom is -0.378 e. The van der Waals surface area contributed by atoms with Gasteiger partial charge in [0.25, 0.3) is 0 Å². The molecule has 0 saturated carbocycles. The summed E-state index contributed by atoms with van der Waals surface area (Å²) in [5, 5.41) is 12.3. The molecular weight excluding hydrogens is 362 g/mol. The van der Waals surface area contributed by atoms with Gasteiger partial charge in [0.15, 0.2) is 5.16 Å². The quantitative estimate of drug-likeness (QED) is 0.766. The van der Waals surface area contributed by atoms with Gasteiger partial charge >= 0.3 is 0 Å². The van der Waals surface area contributed by atoms with Crippen molar-refractivity contribution in [1.82, 2.24) is 14.8 Å². The zero-order valence-electron chi connectivity index (χ0n) is 16.4. The Morgan fingerprint density at radius 3 is 2.56 bits per heavy atom. The molecule has 146 valence electrons. The summed E-state index contributed by atoms with van der Waals surface area (Å²) in [4.78, 5) is 14.9. The van der Waals surface area contributed by atoms with Gasteiger partial charge in [-0.2, -0.15) is 0 Å². The zero-order valence-corrected chi connectivity index (χ0v) is 17.2. The number of benzene rings is 1. The number of nitrogens with one attached hydrogen (secondary N) is 1. The fourth-order valence-electron chi connectivity index (χ4n) is 3.09. The van der Waals surface area contributed by atoms with E-state index in [1.54, 1.807) is 0 Å². The first-order valence-corrected chi connectivity index (χ1v) is 10.2. The number of rotatable bonds is 6. The Balaban J connectivity index is 1.71. The van der Waals surface area contributed by atoms with Gasteiger partial charge in [-0.1, -0.05) is 30.0 Å². The second-order valence-corrected chi connectivity index (χ2v) is 7.95. The Morgan fingerprint density at radius 2 is 1.93 bits per heavy atom. The van der Waals surface area contributed by atoms with E-state index in [-0.39, 0.29) is 11.2 Å². The molecule has 27 heavy (non-hydrogen) atoms. The van der Waals surface area contributed by atoms with Crippen LogP contribution in [0.15, 0.2) is 23.4 Å². The zero-order chi connectivity index (χ0) is 19.4. The van der Waals surface area contributed by atoms with Crippen LogP contribution in [0, 0.1) is 13.8 Å². The number of anilines is 2. The molecule has 1 N–H and O–H groups in total. The van der Waals surface area contributed by atoms with Gasteiger partial charge < -0.3 is 15.0 Å². The van der Waals surface area contributed by atoms with Crippen LogP contribution in [0.5, 0.6) is 0 Å². The Morgan fingerprint density at radius 1 is 1.26 bits per heavy atom. The maximum Gasteiger partial charge on any atom is 0.237 e. The number of aromatic nitrogens is 3. The molecule has 0 bridgehead atoms. The summed E-state index contributed by atoms with van der Waals surface area (Å²) in [5.74, 6) is 0.821. The standard InChI is InChI=1S/C19H27N5O2S/c1-5-24-18(23-9-11-26-12-10-23)21-22-19(24)27-15(4)17(25)20-16-13(2)7-6-8-14(16)3/h6-8,15H,5,9-12H2,1-4H3,(H,20,25)/t15-/m0/s1. The van der Waals surface area contributed by atoms with Crippen molar-refractivity contribution < 1.29 is 9.53 Å². The highest BCUT2D eigenvalue weighted by Crippen LogP contribution is 2.27. The van der Waals surface area contributed by atoms with E-state index in [1.165, 1.54) is 11.8 Å². The average Bonchev–Trinajstić information content (AvgIpc) is 3.07. The molecule has 1 aliphatic rings. The molecule has 1 amide bonds. The summed E-state index contributed by atoms with van der Waals surface area (Å²) in [6.07, 6.45) is 0. The lowest BCUT2D eigenvalue weighted by atomic mass is 10.1. The largest absolute Gasteiger partial charge is 0.378 e. The van der Waals surface area contributed by atoms with Crippen LogP contribution in [0.1, 0.15) is 25.0 Å². The molecule has 1 aromatic heterocycles. The molecule has 1 atom stereocenters. The number of nitrogens with zero attached hydrogens (tertiary/aromatic N) is 4. The van der Waals surface area contributed by atoms with Gasteiger partial charge in [0.2, 0.25) is 11.9 Å². The predicted octanol–water partition coefficient (Wildman–Crippen LogP) is 2.87. The van der Waals surface area contributed by atoms with Crippen LogP contribution < -0.4 is 10.2 Å². The topological polar surface area (TPSA) is 72.3 Å². The molecule has 8 heteroatoms. The summed E-state index contributed by atoms with van der Waals surface area (Å²) in [7, 11) is 0. The monoisotopic (exact) mass is 389 g/mol. The number of amides is 1. The van der Waals surface area contributed by atoms with Crippen molar-refractivity contribution in [2.75, 3.05) is 36.5 Å². The normalized spacial score (nSPS) is 15.6. The highest BCUT2D eigenvalue weighted by molar-refractivity contribution is 8.00. The van der Waals surface area contributed by atoms with Crippen LogP contribution >= 0.6 is 11.8 Å². The maximum atomic E-state index is 12.7. The van der Waals surface area contributed by atoms with Gasteiger partial charge in [-0.05, 0) is 38.8 Å². The van der Waals surface area contributed by atoms with Crippen LogP contribution in [-0.4, -0.2) is 52.2 Å². The third-order valence-corrected chi connectivity index (χ3v) is 5.77. The second-order valence-electron chi connectivity index (χ2n) is 6.64. The van der Waals surface area contributed by atoms with Crippen molar-refractivity contribution in [1.29, 1.82) is 0 Å². The number of ether oxygens (including phenoxy) is 1. The molecule has 0 unspecified atom stereocenters. The molecule has 2 aromatic rings. The summed E-state index contributed by atoms with van der Waals surface area (Å²) in [6.45, 7) is 11.8. The van der Waals surface area contributed by atoms with Gasteiger partial charge in [-0.3, -0.25) is 9.36 Å². The predicted molar refractivity (Wildman–Crippen MR) is 109 cm³/mol. The van der Waals surface area contributed by atoms with E-state index >= 15 is 0 Å². The molecule has 7 nitrogen and oxygen atoms in total. The molecule has 2 heterocycles. The van der Waals surface area contributed by atoms with E-state index < -0.39 is 0 Å². The smallest absolute Gasteiger partial charge is 0.237 e. The number of hydrogen-bond acceptors (Lipinski definition) is 6. The minimum absolute atomic E-state index is 0.0315. The molecule has 1 aromatic carbocycles. The number of morpholine rings is 1. The highest BCUT2D eigenvalue weighted by Gasteiger charge is 2.23. The first-order chi connectivity index (χ1) is 13.0. The maximum absolute atomic E-state index is 12.7. The van der Waals surface area contributed by atoms with Gasteiger partial charge in [0, 0.05) is 25.3 Å². The summed E-state index contributed by atoms with van der Waals surface area (Å²) in [6, 6.07) is 6.00. The molecule has 1 fully saturated rings. The third kappa shape index (κ3) is 4.44. The van der Waals surface area contributed by atoms with Crippen LogP contribution in [0.4, 0.5) is 11.6 Å². The first kappa shape index (κ1) is 19.7. The lowest BCUT2D eigenvalue weighted by molar-refractivity contribution is -0.115. The summed E-state index contributed by atoms with van der Waals surface area (Å²) in [5.41, 5.74) is 3.01. The molecular formula is C19H27N5O2S. The molecule has 0 radical (unpaired) electrons. The van der Waals surface area contributed by atoms with Crippen molar-refractivity contribution in [2.45, 2.75) is 44.6 Å². The first-order valence-electron chi connectivity index (χ1n) is 9.31. The van der Waals surface area contributed by atoms with E-state index in [9.17, 15) is 4.79 Å².